The molecule has 3 heterocycles. The molecule has 2 atom stereocenters. The topological polar surface area (TPSA) is 69.8 Å². The summed E-state index contributed by atoms with van der Waals surface area (Å²) in [5, 5.41) is 13.4. The van der Waals surface area contributed by atoms with E-state index in [2.05, 4.69) is 5.16 Å². The number of alkyl halides is 3. The Balaban J connectivity index is 1.74. The van der Waals surface area contributed by atoms with E-state index < -0.39 is 30.0 Å². The molecule has 6 nitrogen and oxygen atoms in total. The molecule has 3 rings (SSSR count). The van der Waals surface area contributed by atoms with E-state index in [0.29, 0.717) is 37.4 Å². The van der Waals surface area contributed by atoms with Crippen LogP contribution in [0.5, 0.6) is 0 Å². The van der Waals surface area contributed by atoms with Crippen molar-refractivity contribution in [3.8, 4) is 0 Å². The van der Waals surface area contributed by atoms with Crippen molar-refractivity contribution in [1.82, 2.24) is 15.0 Å². The van der Waals surface area contributed by atoms with Gasteiger partial charge in [-0.05, 0) is 26.7 Å². The van der Waals surface area contributed by atoms with Gasteiger partial charge in [0.2, 0.25) is 5.91 Å². The minimum atomic E-state index is -4.43. The molecule has 2 aliphatic heterocycles. The number of aliphatic hydroxyl groups excluding tert-OH is 1. The fourth-order valence-corrected chi connectivity index (χ4v) is 3.87. The van der Waals surface area contributed by atoms with Crippen LogP contribution in [0.15, 0.2) is 4.52 Å². The van der Waals surface area contributed by atoms with Crippen LogP contribution < -0.4 is 0 Å². The highest BCUT2D eigenvalue weighted by Crippen LogP contribution is 2.39. The number of aliphatic hydroxyl groups is 1. The largest absolute Gasteiger partial charge is 0.393 e. The van der Waals surface area contributed by atoms with E-state index in [0.717, 1.165) is 5.56 Å². The van der Waals surface area contributed by atoms with Gasteiger partial charge in [0.05, 0.1) is 23.6 Å². The van der Waals surface area contributed by atoms with Crippen LogP contribution in [-0.2, 0) is 11.3 Å². The number of rotatable bonds is 3. The van der Waals surface area contributed by atoms with E-state index in [-0.39, 0.29) is 19.6 Å². The van der Waals surface area contributed by atoms with Gasteiger partial charge in [-0.3, -0.25) is 9.69 Å². The maximum Gasteiger partial charge on any atom is 0.393 e. The third kappa shape index (κ3) is 3.88. The smallest absolute Gasteiger partial charge is 0.393 e. The van der Waals surface area contributed by atoms with Gasteiger partial charge < -0.3 is 14.5 Å². The number of amides is 1. The van der Waals surface area contributed by atoms with Gasteiger partial charge in [-0.2, -0.15) is 13.2 Å². The van der Waals surface area contributed by atoms with E-state index >= 15 is 0 Å². The van der Waals surface area contributed by atoms with Crippen molar-refractivity contribution < 1.29 is 27.6 Å². The molecule has 0 radical (unpaired) electrons. The van der Waals surface area contributed by atoms with Crippen LogP contribution in [-0.4, -0.2) is 64.4 Å². The molecule has 1 N–H and O–H groups in total. The molecule has 1 aromatic heterocycles. The number of aryl methyl sites for hydroxylation is 2. The van der Waals surface area contributed by atoms with Crippen LogP contribution in [0.25, 0.3) is 0 Å². The molecule has 26 heavy (non-hydrogen) atoms. The van der Waals surface area contributed by atoms with Crippen molar-refractivity contribution in [3.63, 3.8) is 0 Å². The van der Waals surface area contributed by atoms with Gasteiger partial charge in [0.1, 0.15) is 5.76 Å². The van der Waals surface area contributed by atoms with E-state index in [1.54, 1.807) is 18.7 Å². The Bertz CT molecular complexity index is 634. The zero-order chi connectivity index (χ0) is 19.1. The number of nitrogens with zero attached hydrogens (tertiary/aromatic N) is 3. The molecular weight excluding hydrogens is 351 g/mol. The van der Waals surface area contributed by atoms with E-state index in [1.165, 1.54) is 4.90 Å². The van der Waals surface area contributed by atoms with Gasteiger partial charge in [-0.15, -0.1) is 0 Å². The van der Waals surface area contributed by atoms with Gasteiger partial charge in [-0.25, -0.2) is 0 Å². The molecule has 2 aliphatic rings. The van der Waals surface area contributed by atoms with Crippen molar-refractivity contribution in [2.75, 3.05) is 26.2 Å². The maximum absolute atomic E-state index is 13.5. The van der Waals surface area contributed by atoms with Gasteiger partial charge >= 0.3 is 6.18 Å². The number of halogens is 3. The third-order valence-corrected chi connectivity index (χ3v) is 5.47. The first-order chi connectivity index (χ1) is 12.2. The lowest BCUT2D eigenvalue weighted by molar-refractivity contribution is -0.186. The Morgan fingerprint density at radius 1 is 1.27 bits per heavy atom. The molecular formula is C17H24F3N3O3. The van der Waals surface area contributed by atoms with Crippen molar-refractivity contribution in [1.29, 1.82) is 0 Å². The van der Waals surface area contributed by atoms with Crippen LogP contribution in [0.4, 0.5) is 13.2 Å². The molecule has 146 valence electrons. The monoisotopic (exact) mass is 375 g/mol. The zero-order valence-electron chi connectivity index (χ0n) is 14.9. The standard InChI is InChI=1S/C17H24F3N3O3/c1-10-13(11(2)26-21-10)7-22-8-14(15(9-22)17(18,19)20)16(25)23-5-3-12(24)4-6-23/h12,14-15,24H,3-9H2,1-2H3/t14-,15-/m0/s1. The molecule has 1 amide bonds. The molecule has 9 heteroatoms. The predicted molar refractivity (Wildman–Crippen MR) is 86.1 cm³/mol. The van der Waals surface area contributed by atoms with Crippen molar-refractivity contribution in [3.05, 3.63) is 17.0 Å². The maximum atomic E-state index is 13.5. The lowest BCUT2D eigenvalue weighted by Gasteiger charge is -2.33. The third-order valence-electron chi connectivity index (χ3n) is 5.47. The Morgan fingerprint density at radius 2 is 1.92 bits per heavy atom. The van der Waals surface area contributed by atoms with Crippen LogP contribution in [0.2, 0.25) is 0 Å². The van der Waals surface area contributed by atoms with Crippen LogP contribution in [0.3, 0.4) is 0 Å². The van der Waals surface area contributed by atoms with Gasteiger partial charge in [0.25, 0.3) is 0 Å². The minimum absolute atomic E-state index is 0.0616. The molecule has 0 aliphatic carbocycles. The average Bonchev–Trinajstić information content (AvgIpc) is 3.14. The quantitative estimate of drug-likeness (QED) is 0.874. The molecule has 2 saturated heterocycles. The Morgan fingerprint density at radius 3 is 2.46 bits per heavy atom. The number of carbonyl (C=O) groups is 1. The second-order valence-corrected chi connectivity index (χ2v) is 7.31. The summed E-state index contributed by atoms with van der Waals surface area (Å²) < 4.78 is 45.7. The van der Waals surface area contributed by atoms with Crippen LogP contribution >= 0.6 is 0 Å². The zero-order valence-corrected chi connectivity index (χ0v) is 14.9. The van der Waals surface area contributed by atoms with Crippen molar-refractivity contribution >= 4 is 5.91 Å². The van der Waals surface area contributed by atoms with Crippen molar-refractivity contribution in [2.45, 2.75) is 45.5 Å². The van der Waals surface area contributed by atoms with E-state index in [4.69, 9.17) is 4.52 Å². The highest BCUT2D eigenvalue weighted by Gasteiger charge is 2.53. The molecule has 0 spiro atoms. The van der Waals surface area contributed by atoms with Gasteiger partial charge in [0.15, 0.2) is 0 Å². The summed E-state index contributed by atoms with van der Waals surface area (Å²) >= 11 is 0. The van der Waals surface area contributed by atoms with E-state index in [1.807, 2.05) is 0 Å². The summed E-state index contributed by atoms with van der Waals surface area (Å²) in [5.74, 6) is -2.65. The summed E-state index contributed by atoms with van der Waals surface area (Å²) in [6.45, 7) is 4.25. The minimum Gasteiger partial charge on any atom is -0.393 e. The normalized spacial score (nSPS) is 25.8. The summed E-state index contributed by atoms with van der Waals surface area (Å²) in [7, 11) is 0. The molecule has 1 aromatic rings. The first-order valence-corrected chi connectivity index (χ1v) is 8.84. The number of likely N-dealkylation sites (tertiary alicyclic amines) is 2. The summed E-state index contributed by atoms with van der Waals surface area (Å²) in [6, 6.07) is 0. The number of aromatic nitrogens is 1. The predicted octanol–water partition coefficient (Wildman–Crippen LogP) is 1.89. The molecule has 0 bridgehead atoms. The fourth-order valence-electron chi connectivity index (χ4n) is 3.87. The second kappa shape index (κ2) is 7.19. The summed E-state index contributed by atoms with van der Waals surface area (Å²) in [5.41, 5.74) is 1.44. The van der Waals surface area contributed by atoms with Crippen molar-refractivity contribution in [2.24, 2.45) is 11.8 Å². The van der Waals surface area contributed by atoms with Crippen LogP contribution in [0, 0.1) is 25.7 Å². The summed E-state index contributed by atoms with van der Waals surface area (Å²) in [6.07, 6.45) is -4.07. The SMILES string of the molecule is Cc1noc(C)c1CN1C[C@H](C(=O)N2CCC(O)CC2)[C@@H](C(F)(F)F)C1. The van der Waals surface area contributed by atoms with Gasteiger partial charge in [-0.1, -0.05) is 5.16 Å². The average molecular weight is 375 g/mol. The Hall–Kier alpha value is -1.61. The highest BCUT2D eigenvalue weighted by atomic mass is 19.4. The Labute approximate surface area is 149 Å². The molecule has 0 unspecified atom stereocenters. The lowest BCUT2D eigenvalue weighted by atomic mass is 9.93. The number of hydrogen-bond donors (Lipinski definition) is 1. The van der Waals surface area contributed by atoms with E-state index in [9.17, 15) is 23.1 Å². The number of carbonyl (C=O) groups excluding carboxylic acids is 1. The first-order valence-electron chi connectivity index (χ1n) is 8.84. The molecule has 0 aromatic carbocycles. The lowest BCUT2D eigenvalue weighted by Crippen LogP contribution is -2.46. The second-order valence-electron chi connectivity index (χ2n) is 7.31. The number of piperidine rings is 1. The highest BCUT2D eigenvalue weighted by molar-refractivity contribution is 5.80. The summed E-state index contributed by atoms with van der Waals surface area (Å²) in [4.78, 5) is 15.9. The van der Waals surface area contributed by atoms with Gasteiger partial charge in [0, 0.05) is 38.3 Å². The van der Waals surface area contributed by atoms with Crippen LogP contribution in [0.1, 0.15) is 29.9 Å². The molecule has 0 saturated carbocycles. The fraction of sp³-hybridized carbons (Fsp3) is 0.765. The number of hydrogen-bond acceptors (Lipinski definition) is 5. The first kappa shape index (κ1) is 19.2. The molecule has 2 fully saturated rings. The Kier molecular flexibility index (Phi) is 5.30.